The first-order chi connectivity index (χ1) is 12.7. The van der Waals surface area contributed by atoms with Gasteiger partial charge < -0.3 is 14.4 Å². The van der Waals surface area contributed by atoms with E-state index in [4.69, 9.17) is 9.47 Å². The number of carbonyl (C=O) groups excluding carboxylic acids is 1. The summed E-state index contributed by atoms with van der Waals surface area (Å²) in [4.78, 5) is 14.8. The summed E-state index contributed by atoms with van der Waals surface area (Å²) < 4.78 is 13.2. The van der Waals surface area contributed by atoms with Gasteiger partial charge in [-0.05, 0) is 19.1 Å². The van der Waals surface area contributed by atoms with Crippen molar-refractivity contribution < 1.29 is 14.3 Å². The van der Waals surface area contributed by atoms with Crippen LogP contribution in [0.15, 0.2) is 30.3 Å². The molecule has 2 fully saturated rings. The molecule has 0 atom stereocenters. The molecule has 4 rings (SSSR count). The molecule has 26 heavy (non-hydrogen) atoms. The van der Waals surface area contributed by atoms with Gasteiger partial charge in [-0.1, -0.05) is 23.4 Å². The molecule has 2 aliphatic heterocycles. The van der Waals surface area contributed by atoms with Crippen molar-refractivity contribution in [3.8, 4) is 5.69 Å². The van der Waals surface area contributed by atoms with Crippen molar-refractivity contribution in [1.82, 2.24) is 19.9 Å². The fraction of sp³-hybridized carbons (Fsp3) is 0.526. The minimum absolute atomic E-state index is 0.0855. The number of rotatable bonds is 3. The van der Waals surface area contributed by atoms with Crippen LogP contribution in [0.4, 0.5) is 0 Å². The zero-order valence-corrected chi connectivity index (χ0v) is 15.1. The average molecular weight is 356 g/mol. The molecule has 0 unspecified atom stereocenters. The molecule has 0 bridgehead atoms. The highest BCUT2D eigenvalue weighted by atomic mass is 16.5. The third-order valence-corrected chi connectivity index (χ3v) is 5.31. The lowest BCUT2D eigenvalue weighted by atomic mass is 9.92. The molecular weight excluding hydrogens is 332 g/mol. The molecule has 138 valence electrons. The van der Waals surface area contributed by atoms with E-state index in [1.54, 1.807) is 4.68 Å². The highest BCUT2D eigenvalue weighted by molar-refractivity contribution is 5.78. The van der Waals surface area contributed by atoms with Crippen LogP contribution in [-0.4, -0.2) is 64.3 Å². The van der Waals surface area contributed by atoms with Gasteiger partial charge in [-0.2, -0.15) is 0 Å². The van der Waals surface area contributed by atoms with Gasteiger partial charge in [0.25, 0.3) is 0 Å². The minimum atomic E-state index is -0.233. The molecule has 2 aromatic rings. The van der Waals surface area contributed by atoms with E-state index in [0.29, 0.717) is 32.9 Å². The molecule has 0 aliphatic carbocycles. The maximum atomic E-state index is 12.9. The highest BCUT2D eigenvalue weighted by Gasteiger charge is 2.39. The maximum absolute atomic E-state index is 12.9. The monoisotopic (exact) mass is 356 g/mol. The van der Waals surface area contributed by atoms with Crippen molar-refractivity contribution >= 4 is 5.91 Å². The van der Waals surface area contributed by atoms with Crippen LogP contribution in [0.2, 0.25) is 0 Å². The molecule has 0 saturated carbocycles. The minimum Gasteiger partial charge on any atom is -0.381 e. The molecule has 2 aliphatic rings. The number of amides is 1. The van der Waals surface area contributed by atoms with E-state index in [9.17, 15) is 4.79 Å². The first kappa shape index (κ1) is 17.2. The smallest absolute Gasteiger partial charge is 0.228 e. The van der Waals surface area contributed by atoms with Crippen molar-refractivity contribution in [2.75, 3.05) is 32.9 Å². The highest BCUT2D eigenvalue weighted by Crippen LogP contribution is 2.29. The number of ether oxygens (including phenoxy) is 2. The first-order valence-electron chi connectivity index (χ1n) is 9.13. The summed E-state index contributed by atoms with van der Waals surface area (Å²) >= 11 is 0. The number of carbonyl (C=O) groups is 1. The van der Waals surface area contributed by atoms with Crippen LogP contribution in [0.5, 0.6) is 0 Å². The van der Waals surface area contributed by atoms with E-state index in [0.717, 1.165) is 29.9 Å². The number of para-hydroxylation sites is 1. The van der Waals surface area contributed by atoms with Crippen LogP contribution >= 0.6 is 0 Å². The molecule has 2 saturated heterocycles. The molecule has 1 amide bonds. The summed E-state index contributed by atoms with van der Waals surface area (Å²) in [5, 5.41) is 8.47. The van der Waals surface area contributed by atoms with Crippen LogP contribution in [0.1, 0.15) is 24.2 Å². The van der Waals surface area contributed by atoms with Gasteiger partial charge in [0.05, 0.1) is 35.7 Å². The quantitative estimate of drug-likeness (QED) is 0.834. The second-order valence-corrected chi connectivity index (χ2v) is 7.00. The lowest BCUT2D eigenvalue weighted by molar-refractivity contribution is -0.167. The van der Waals surface area contributed by atoms with Gasteiger partial charge in [0.15, 0.2) is 0 Å². The van der Waals surface area contributed by atoms with Gasteiger partial charge in [-0.15, -0.1) is 5.10 Å². The predicted molar refractivity (Wildman–Crippen MR) is 95.1 cm³/mol. The zero-order chi connectivity index (χ0) is 18.0. The zero-order valence-electron chi connectivity index (χ0n) is 15.1. The van der Waals surface area contributed by atoms with Crippen LogP contribution in [0.25, 0.3) is 5.69 Å². The SMILES string of the molecule is Cc1c(CC(=O)N2CCOC3(CCOCC3)C2)nnn1-c1ccccc1. The molecule has 7 nitrogen and oxygen atoms in total. The van der Waals surface area contributed by atoms with E-state index in [-0.39, 0.29) is 17.9 Å². The fourth-order valence-electron chi connectivity index (χ4n) is 3.70. The predicted octanol–water partition coefficient (Wildman–Crippen LogP) is 1.53. The van der Waals surface area contributed by atoms with Gasteiger partial charge >= 0.3 is 0 Å². The van der Waals surface area contributed by atoms with E-state index in [1.807, 2.05) is 42.2 Å². The Morgan fingerprint density at radius 1 is 1.19 bits per heavy atom. The number of morpholine rings is 1. The normalized spacial score (nSPS) is 19.7. The van der Waals surface area contributed by atoms with E-state index in [2.05, 4.69) is 10.3 Å². The van der Waals surface area contributed by atoms with Crippen molar-refractivity contribution in [1.29, 1.82) is 0 Å². The molecule has 1 spiro atoms. The Morgan fingerprint density at radius 2 is 1.96 bits per heavy atom. The average Bonchev–Trinajstić information content (AvgIpc) is 3.03. The molecule has 1 aromatic carbocycles. The van der Waals surface area contributed by atoms with E-state index < -0.39 is 0 Å². The Morgan fingerprint density at radius 3 is 2.73 bits per heavy atom. The summed E-state index contributed by atoms with van der Waals surface area (Å²) in [5.74, 6) is 0.0855. The summed E-state index contributed by atoms with van der Waals surface area (Å²) in [7, 11) is 0. The van der Waals surface area contributed by atoms with Crippen molar-refractivity contribution in [3.05, 3.63) is 41.7 Å². The van der Waals surface area contributed by atoms with Crippen LogP contribution < -0.4 is 0 Å². The standard InChI is InChI=1S/C19H24N4O3/c1-15-17(20-21-23(15)16-5-3-2-4-6-16)13-18(24)22-9-12-26-19(14-22)7-10-25-11-8-19/h2-6H,7-14H2,1H3. The van der Waals surface area contributed by atoms with Crippen LogP contribution in [0.3, 0.4) is 0 Å². The van der Waals surface area contributed by atoms with Crippen molar-refractivity contribution in [2.45, 2.75) is 31.8 Å². The number of hydrogen-bond donors (Lipinski definition) is 0. The Bertz CT molecular complexity index is 763. The van der Waals surface area contributed by atoms with Crippen molar-refractivity contribution in [2.24, 2.45) is 0 Å². The maximum Gasteiger partial charge on any atom is 0.228 e. The van der Waals surface area contributed by atoms with Gasteiger partial charge in [0.2, 0.25) is 5.91 Å². The topological polar surface area (TPSA) is 69.5 Å². The number of hydrogen-bond acceptors (Lipinski definition) is 5. The van der Waals surface area contributed by atoms with Crippen LogP contribution in [-0.2, 0) is 20.7 Å². The van der Waals surface area contributed by atoms with Gasteiger partial charge in [-0.25, -0.2) is 4.68 Å². The lowest BCUT2D eigenvalue weighted by Crippen LogP contribution is -2.56. The summed E-state index contributed by atoms with van der Waals surface area (Å²) in [6.07, 6.45) is 1.96. The second kappa shape index (κ2) is 7.17. The first-order valence-corrected chi connectivity index (χ1v) is 9.13. The second-order valence-electron chi connectivity index (χ2n) is 7.00. The van der Waals surface area contributed by atoms with E-state index >= 15 is 0 Å². The molecule has 0 N–H and O–H groups in total. The number of aromatic nitrogens is 3. The van der Waals surface area contributed by atoms with E-state index in [1.165, 1.54) is 0 Å². The third kappa shape index (κ3) is 3.37. The van der Waals surface area contributed by atoms with Gasteiger partial charge in [0.1, 0.15) is 0 Å². The van der Waals surface area contributed by atoms with Gasteiger partial charge in [-0.3, -0.25) is 4.79 Å². The number of benzene rings is 1. The molecule has 1 aromatic heterocycles. The Hall–Kier alpha value is -2.25. The number of nitrogens with zero attached hydrogens (tertiary/aromatic N) is 4. The summed E-state index contributed by atoms with van der Waals surface area (Å²) in [6, 6.07) is 9.84. The molecule has 0 radical (unpaired) electrons. The summed E-state index contributed by atoms with van der Waals surface area (Å²) in [6.45, 7) is 5.21. The lowest BCUT2D eigenvalue weighted by Gasteiger charge is -2.44. The Balaban J connectivity index is 1.46. The fourth-order valence-corrected chi connectivity index (χ4v) is 3.70. The largest absolute Gasteiger partial charge is 0.381 e. The van der Waals surface area contributed by atoms with Crippen molar-refractivity contribution in [3.63, 3.8) is 0 Å². The van der Waals surface area contributed by atoms with Crippen LogP contribution in [0, 0.1) is 6.92 Å². The molecule has 7 heteroatoms. The third-order valence-electron chi connectivity index (χ3n) is 5.31. The molecular formula is C19H24N4O3. The summed E-state index contributed by atoms with van der Waals surface area (Å²) in [5.41, 5.74) is 2.34. The Labute approximate surface area is 152 Å². The molecule has 3 heterocycles. The Kier molecular flexibility index (Phi) is 4.74. The van der Waals surface area contributed by atoms with Gasteiger partial charge in [0, 0.05) is 39.1 Å².